The zero-order valence-electron chi connectivity index (χ0n) is 11.3. The maximum atomic E-state index is 12.1. The number of rotatable bonds is 6. The predicted octanol–water partition coefficient (Wildman–Crippen LogP) is 1.89. The van der Waals surface area contributed by atoms with E-state index < -0.39 is 0 Å². The summed E-state index contributed by atoms with van der Waals surface area (Å²) in [7, 11) is 1.85. The Morgan fingerprint density at radius 2 is 2.18 bits per heavy atom. The molecule has 0 aliphatic carbocycles. The predicted molar refractivity (Wildman–Crippen MR) is 70.3 cm³/mol. The molecule has 0 unspecified atom stereocenters. The van der Waals surface area contributed by atoms with Crippen LogP contribution in [0.15, 0.2) is 10.9 Å². The van der Waals surface area contributed by atoms with E-state index in [1.807, 2.05) is 13.1 Å². The van der Waals surface area contributed by atoms with Gasteiger partial charge in [-0.1, -0.05) is 27.2 Å². The van der Waals surface area contributed by atoms with Gasteiger partial charge in [0.1, 0.15) is 0 Å². The van der Waals surface area contributed by atoms with Crippen molar-refractivity contribution in [2.75, 3.05) is 7.05 Å². The maximum absolute atomic E-state index is 12.1. The van der Waals surface area contributed by atoms with Crippen LogP contribution in [0.4, 0.5) is 0 Å². The molecule has 0 radical (unpaired) electrons. The van der Waals surface area contributed by atoms with Crippen molar-refractivity contribution in [3.8, 4) is 0 Å². The summed E-state index contributed by atoms with van der Waals surface area (Å²) < 4.78 is 1.62. The van der Waals surface area contributed by atoms with Crippen molar-refractivity contribution in [1.82, 2.24) is 15.1 Å². The van der Waals surface area contributed by atoms with Gasteiger partial charge in [-0.25, -0.2) is 4.68 Å². The first kappa shape index (κ1) is 13.9. The van der Waals surface area contributed by atoms with E-state index >= 15 is 0 Å². The Kier molecular flexibility index (Phi) is 5.35. The minimum Gasteiger partial charge on any atom is -0.315 e. The van der Waals surface area contributed by atoms with Crippen LogP contribution < -0.4 is 10.9 Å². The lowest BCUT2D eigenvalue weighted by atomic mass is 10.1. The molecule has 0 saturated heterocycles. The fourth-order valence-corrected chi connectivity index (χ4v) is 1.68. The smallest absolute Gasteiger partial charge is 0.271 e. The highest BCUT2D eigenvalue weighted by atomic mass is 16.1. The molecule has 0 aliphatic rings. The molecule has 1 rings (SSSR count). The van der Waals surface area contributed by atoms with Gasteiger partial charge >= 0.3 is 0 Å². The van der Waals surface area contributed by atoms with Crippen molar-refractivity contribution in [2.24, 2.45) is 0 Å². The number of hydrogen-bond acceptors (Lipinski definition) is 3. The van der Waals surface area contributed by atoms with Gasteiger partial charge in [0.2, 0.25) is 0 Å². The summed E-state index contributed by atoms with van der Waals surface area (Å²) in [5.74, 6) is 0.346. The molecule has 1 N–H and O–H groups in total. The standard InChI is InChI=1S/C13H23N3O/c1-5-6-7-16-13(17)11(9-14-4)8-12(15-16)10(2)3/h8,10,14H,5-7,9H2,1-4H3. The van der Waals surface area contributed by atoms with Crippen molar-refractivity contribution in [1.29, 1.82) is 0 Å². The number of aryl methyl sites for hydroxylation is 1. The summed E-state index contributed by atoms with van der Waals surface area (Å²) in [6.07, 6.45) is 2.06. The zero-order valence-corrected chi connectivity index (χ0v) is 11.3. The van der Waals surface area contributed by atoms with Crippen LogP contribution in [0.25, 0.3) is 0 Å². The molecule has 0 bridgehead atoms. The molecule has 0 atom stereocenters. The molecule has 0 amide bonds. The Hall–Kier alpha value is -1.16. The van der Waals surface area contributed by atoms with E-state index in [2.05, 4.69) is 31.2 Å². The molecule has 17 heavy (non-hydrogen) atoms. The van der Waals surface area contributed by atoms with E-state index in [0.29, 0.717) is 19.0 Å². The van der Waals surface area contributed by atoms with Crippen LogP contribution in [0.2, 0.25) is 0 Å². The number of nitrogens with one attached hydrogen (secondary N) is 1. The minimum atomic E-state index is 0.0391. The third kappa shape index (κ3) is 3.66. The summed E-state index contributed by atoms with van der Waals surface area (Å²) in [6.45, 7) is 7.63. The molecule has 4 nitrogen and oxygen atoms in total. The highest BCUT2D eigenvalue weighted by Gasteiger charge is 2.09. The minimum absolute atomic E-state index is 0.0391. The van der Waals surface area contributed by atoms with Gasteiger partial charge in [-0.05, 0) is 25.5 Å². The molecule has 96 valence electrons. The van der Waals surface area contributed by atoms with Crippen LogP contribution in [-0.4, -0.2) is 16.8 Å². The van der Waals surface area contributed by atoms with Crippen LogP contribution >= 0.6 is 0 Å². The van der Waals surface area contributed by atoms with Crippen molar-refractivity contribution in [3.63, 3.8) is 0 Å². The van der Waals surface area contributed by atoms with Crippen LogP contribution in [0.5, 0.6) is 0 Å². The molecule has 0 aliphatic heterocycles. The SMILES string of the molecule is CCCCn1nc(C(C)C)cc(CNC)c1=O. The Morgan fingerprint density at radius 1 is 1.47 bits per heavy atom. The number of nitrogens with zero attached hydrogens (tertiary/aromatic N) is 2. The monoisotopic (exact) mass is 237 g/mol. The number of aromatic nitrogens is 2. The van der Waals surface area contributed by atoms with Crippen molar-refractivity contribution < 1.29 is 0 Å². The molecule has 0 aromatic carbocycles. The molecular weight excluding hydrogens is 214 g/mol. The van der Waals surface area contributed by atoms with Crippen molar-refractivity contribution in [2.45, 2.75) is 52.6 Å². The Bertz CT molecular complexity index is 410. The first-order valence-electron chi connectivity index (χ1n) is 6.35. The second-order valence-corrected chi connectivity index (χ2v) is 4.66. The summed E-state index contributed by atoms with van der Waals surface area (Å²) in [4.78, 5) is 12.1. The lowest BCUT2D eigenvalue weighted by Crippen LogP contribution is -2.29. The Morgan fingerprint density at radius 3 is 2.71 bits per heavy atom. The molecule has 4 heteroatoms. The average Bonchev–Trinajstić information content (AvgIpc) is 2.30. The summed E-state index contributed by atoms with van der Waals surface area (Å²) in [5.41, 5.74) is 1.84. The highest BCUT2D eigenvalue weighted by Crippen LogP contribution is 2.10. The molecule has 0 saturated carbocycles. The van der Waals surface area contributed by atoms with Gasteiger partial charge in [-0.3, -0.25) is 4.79 Å². The van der Waals surface area contributed by atoms with Gasteiger partial charge in [-0.15, -0.1) is 0 Å². The third-order valence-corrected chi connectivity index (χ3v) is 2.75. The largest absolute Gasteiger partial charge is 0.315 e. The summed E-state index contributed by atoms with van der Waals surface area (Å²) >= 11 is 0. The second-order valence-electron chi connectivity index (χ2n) is 4.66. The lowest BCUT2D eigenvalue weighted by molar-refractivity contribution is 0.519. The Balaban J connectivity index is 3.13. The normalized spacial score (nSPS) is 11.1. The van der Waals surface area contributed by atoms with Gasteiger partial charge in [0.25, 0.3) is 5.56 Å². The van der Waals surface area contributed by atoms with E-state index in [1.165, 1.54) is 0 Å². The molecule has 0 fully saturated rings. The van der Waals surface area contributed by atoms with Gasteiger partial charge in [-0.2, -0.15) is 5.10 Å². The van der Waals surface area contributed by atoms with Crippen LogP contribution in [0, 0.1) is 0 Å². The first-order valence-corrected chi connectivity index (χ1v) is 6.35. The molecular formula is C13H23N3O. The topological polar surface area (TPSA) is 46.9 Å². The van der Waals surface area contributed by atoms with Gasteiger partial charge in [0.05, 0.1) is 5.69 Å². The van der Waals surface area contributed by atoms with Crippen LogP contribution in [0.1, 0.15) is 50.8 Å². The first-order chi connectivity index (χ1) is 8.10. The number of hydrogen-bond donors (Lipinski definition) is 1. The van der Waals surface area contributed by atoms with Gasteiger partial charge < -0.3 is 5.32 Å². The lowest BCUT2D eigenvalue weighted by Gasteiger charge is -2.12. The zero-order chi connectivity index (χ0) is 12.8. The fourth-order valence-electron chi connectivity index (χ4n) is 1.68. The quantitative estimate of drug-likeness (QED) is 0.822. The van der Waals surface area contributed by atoms with Crippen LogP contribution in [-0.2, 0) is 13.1 Å². The van der Waals surface area contributed by atoms with E-state index in [4.69, 9.17) is 0 Å². The average molecular weight is 237 g/mol. The fraction of sp³-hybridized carbons (Fsp3) is 0.692. The molecule has 1 aromatic heterocycles. The van der Waals surface area contributed by atoms with Gasteiger partial charge in [0, 0.05) is 18.7 Å². The van der Waals surface area contributed by atoms with Gasteiger partial charge in [0.15, 0.2) is 0 Å². The maximum Gasteiger partial charge on any atom is 0.271 e. The molecule has 0 spiro atoms. The second kappa shape index (κ2) is 6.55. The summed E-state index contributed by atoms with van der Waals surface area (Å²) in [5, 5.41) is 7.46. The van der Waals surface area contributed by atoms with Crippen molar-refractivity contribution >= 4 is 0 Å². The van der Waals surface area contributed by atoms with Crippen molar-refractivity contribution in [3.05, 3.63) is 27.7 Å². The van der Waals surface area contributed by atoms with Crippen LogP contribution in [0.3, 0.4) is 0 Å². The van der Waals surface area contributed by atoms with E-state index in [-0.39, 0.29) is 5.56 Å². The summed E-state index contributed by atoms with van der Waals surface area (Å²) in [6, 6.07) is 1.92. The molecule has 1 aromatic rings. The van der Waals surface area contributed by atoms with E-state index in [0.717, 1.165) is 24.1 Å². The van der Waals surface area contributed by atoms with E-state index in [9.17, 15) is 4.79 Å². The van der Waals surface area contributed by atoms with E-state index in [1.54, 1.807) is 4.68 Å². The Labute approximate surface area is 103 Å². The third-order valence-electron chi connectivity index (χ3n) is 2.75. The molecule has 1 heterocycles. The number of unbranched alkanes of at least 4 members (excludes halogenated alkanes) is 1. The highest BCUT2D eigenvalue weighted by molar-refractivity contribution is 5.15.